The van der Waals surface area contributed by atoms with Gasteiger partial charge in [-0.25, -0.2) is 14.2 Å². The Hall–Kier alpha value is -2.28. The second-order valence-electron chi connectivity index (χ2n) is 5.31. The third kappa shape index (κ3) is 4.46. The fourth-order valence-corrected chi connectivity index (χ4v) is 4.57. The first kappa shape index (κ1) is 18.5. The number of amides is 1. The van der Waals surface area contributed by atoms with Gasteiger partial charge in [0, 0.05) is 10.5 Å². The zero-order valence-corrected chi connectivity index (χ0v) is 15.7. The molecule has 0 spiro atoms. The van der Waals surface area contributed by atoms with Gasteiger partial charge >= 0.3 is 0 Å². The van der Waals surface area contributed by atoms with E-state index in [0.29, 0.717) is 16.2 Å². The molecule has 132 valence electrons. The van der Waals surface area contributed by atoms with E-state index in [1.165, 1.54) is 6.07 Å². The van der Waals surface area contributed by atoms with Crippen molar-refractivity contribution in [3.05, 3.63) is 88.4 Å². The van der Waals surface area contributed by atoms with E-state index in [-0.39, 0.29) is 16.2 Å². The van der Waals surface area contributed by atoms with E-state index in [9.17, 15) is 9.00 Å². The van der Waals surface area contributed by atoms with Crippen molar-refractivity contribution in [3.8, 4) is 0 Å². The summed E-state index contributed by atoms with van der Waals surface area (Å²) < 4.78 is 17.7. The highest BCUT2D eigenvalue weighted by molar-refractivity contribution is 7.93. The molecule has 0 saturated heterocycles. The highest BCUT2D eigenvalue weighted by Crippen LogP contribution is 2.21. The Bertz CT molecular complexity index is 1030. The average molecular weight is 406 g/mol. The third-order valence-corrected chi connectivity index (χ3v) is 5.95. The maximum atomic E-state index is 13.6. The number of benzene rings is 2. The molecule has 1 atom stereocenters. The predicted molar refractivity (Wildman–Crippen MR) is 102 cm³/mol. The summed E-state index contributed by atoms with van der Waals surface area (Å²) in [5, 5.41) is 0.0703. The molecule has 2 aromatic carbocycles. The lowest BCUT2D eigenvalue weighted by atomic mass is 10.2. The van der Waals surface area contributed by atoms with Crippen molar-refractivity contribution in [3.63, 3.8) is 0 Å². The van der Waals surface area contributed by atoms with E-state index in [1.54, 1.807) is 60.7 Å². The lowest BCUT2D eigenvalue weighted by Crippen LogP contribution is -2.10. The van der Waals surface area contributed by atoms with Crippen LogP contribution in [0.5, 0.6) is 0 Å². The van der Waals surface area contributed by atoms with Gasteiger partial charge in [0.1, 0.15) is 5.15 Å². The van der Waals surface area contributed by atoms with Crippen molar-refractivity contribution < 1.29 is 9.00 Å². The maximum Gasteiger partial charge on any atom is 0.285 e. The van der Waals surface area contributed by atoms with Gasteiger partial charge in [-0.15, -0.1) is 0 Å². The number of halogens is 2. The molecule has 0 N–H and O–H groups in total. The molecular weight excluding hydrogens is 393 g/mol. The lowest BCUT2D eigenvalue weighted by Gasteiger charge is -2.10. The van der Waals surface area contributed by atoms with Crippen molar-refractivity contribution in [2.45, 2.75) is 10.6 Å². The van der Waals surface area contributed by atoms with Gasteiger partial charge in [-0.3, -0.25) is 4.79 Å². The van der Waals surface area contributed by atoms with Crippen LogP contribution in [-0.2, 0) is 15.5 Å². The second-order valence-corrected chi connectivity index (χ2v) is 8.26. The number of hydrogen-bond acceptors (Lipinski definition) is 4. The summed E-state index contributed by atoms with van der Waals surface area (Å²) >= 11 is 11.7. The van der Waals surface area contributed by atoms with Crippen molar-refractivity contribution in [2.24, 2.45) is 4.36 Å². The minimum atomic E-state index is -3.13. The number of carbonyl (C=O) groups is 1. The van der Waals surface area contributed by atoms with Crippen LogP contribution in [0.1, 0.15) is 16.1 Å². The van der Waals surface area contributed by atoms with Crippen LogP contribution < -0.4 is 0 Å². The van der Waals surface area contributed by atoms with Gasteiger partial charge < -0.3 is 0 Å². The topological polar surface area (TPSA) is 72.3 Å². The van der Waals surface area contributed by atoms with Gasteiger partial charge in [-0.1, -0.05) is 48.0 Å². The van der Waals surface area contributed by atoms with Crippen molar-refractivity contribution in [1.82, 2.24) is 9.97 Å². The Morgan fingerprint density at radius 2 is 1.58 bits per heavy atom. The molecule has 26 heavy (non-hydrogen) atoms. The van der Waals surface area contributed by atoms with E-state index in [4.69, 9.17) is 23.2 Å². The molecule has 0 bridgehead atoms. The summed E-state index contributed by atoms with van der Waals surface area (Å²) in [6.07, 6.45) is 0. The predicted octanol–water partition coefficient (Wildman–Crippen LogP) is 4.65. The first-order valence-electron chi connectivity index (χ1n) is 7.54. The molecule has 1 heterocycles. The van der Waals surface area contributed by atoms with Gasteiger partial charge in [-0.2, -0.15) is 4.36 Å². The smallest absolute Gasteiger partial charge is 0.266 e. The van der Waals surface area contributed by atoms with E-state index >= 15 is 0 Å². The average Bonchev–Trinajstić information content (AvgIpc) is 2.62. The van der Waals surface area contributed by atoms with Crippen molar-refractivity contribution in [2.75, 3.05) is 0 Å². The standard InChI is InChI=1S/C18H13Cl2N3O2S/c19-16-11-14(21-18(20)22-16)12-26(25,15-9-5-2-6-10-15)23-17(24)13-7-3-1-4-8-13/h1-11H,12H2. The third-order valence-electron chi connectivity index (χ3n) is 3.43. The van der Waals surface area contributed by atoms with Crippen LogP contribution in [0.3, 0.4) is 0 Å². The molecule has 0 aliphatic carbocycles. The van der Waals surface area contributed by atoms with E-state index in [2.05, 4.69) is 14.3 Å². The van der Waals surface area contributed by atoms with Crippen LogP contribution in [0.4, 0.5) is 0 Å². The summed E-state index contributed by atoms with van der Waals surface area (Å²) in [5.74, 6) is -0.678. The Balaban J connectivity index is 2.10. The zero-order valence-electron chi connectivity index (χ0n) is 13.4. The summed E-state index contributed by atoms with van der Waals surface area (Å²) in [5.41, 5.74) is 0.698. The monoisotopic (exact) mass is 405 g/mol. The number of aromatic nitrogens is 2. The Morgan fingerprint density at radius 1 is 0.962 bits per heavy atom. The van der Waals surface area contributed by atoms with Crippen LogP contribution in [-0.4, -0.2) is 20.1 Å². The molecule has 1 amide bonds. The van der Waals surface area contributed by atoms with Crippen LogP contribution in [0.2, 0.25) is 10.4 Å². The number of carbonyl (C=O) groups excluding carboxylic acids is 1. The highest BCUT2D eigenvalue weighted by atomic mass is 35.5. The van der Waals surface area contributed by atoms with Crippen molar-refractivity contribution >= 4 is 38.8 Å². The first-order chi connectivity index (χ1) is 12.5. The summed E-state index contributed by atoms with van der Waals surface area (Å²) in [6, 6.07) is 18.5. The number of nitrogens with zero attached hydrogens (tertiary/aromatic N) is 3. The molecule has 0 saturated carbocycles. The molecule has 5 nitrogen and oxygen atoms in total. The molecule has 1 aromatic heterocycles. The molecule has 0 aliphatic rings. The van der Waals surface area contributed by atoms with Crippen molar-refractivity contribution in [1.29, 1.82) is 0 Å². The van der Waals surface area contributed by atoms with Gasteiger partial charge in [0.15, 0.2) is 0 Å². The van der Waals surface area contributed by atoms with E-state index in [0.717, 1.165) is 0 Å². The van der Waals surface area contributed by atoms with E-state index < -0.39 is 15.6 Å². The molecule has 3 rings (SSSR count). The fraction of sp³-hybridized carbons (Fsp3) is 0.0556. The molecule has 8 heteroatoms. The first-order valence-corrected chi connectivity index (χ1v) is 9.98. The summed E-state index contributed by atoms with van der Waals surface area (Å²) in [6.45, 7) is 0. The highest BCUT2D eigenvalue weighted by Gasteiger charge is 2.18. The fourth-order valence-electron chi connectivity index (χ4n) is 2.28. The molecule has 1 unspecified atom stereocenters. The van der Waals surface area contributed by atoms with Crippen LogP contribution >= 0.6 is 23.2 Å². The number of rotatable bonds is 4. The Labute approximate surface area is 161 Å². The Morgan fingerprint density at radius 3 is 2.19 bits per heavy atom. The molecule has 0 fully saturated rings. The van der Waals surface area contributed by atoms with Gasteiger partial charge in [0.05, 0.1) is 21.2 Å². The Kier molecular flexibility index (Phi) is 5.66. The van der Waals surface area contributed by atoms with Crippen LogP contribution in [0.15, 0.2) is 76.0 Å². The SMILES string of the molecule is O=C(N=S(=O)(Cc1cc(Cl)nc(Cl)n1)c1ccccc1)c1ccccc1. The van der Waals surface area contributed by atoms with Crippen LogP contribution in [0, 0.1) is 0 Å². The van der Waals surface area contributed by atoms with Gasteiger partial charge in [0.2, 0.25) is 5.28 Å². The molecule has 0 aliphatic heterocycles. The lowest BCUT2D eigenvalue weighted by molar-refractivity contribution is 0.100. The van der Waals surface area contributed by atoms with E-state index in [1.807, 2.05) is 0 Å². The maximum absolute atomic E-state index is 13.6. The molecule has 3 aromatic rings. The quantitative estimate of drug-likeness (QED) is 0.467. The number of hydrogen-bond donors (Lipinski definition) is 0. The summed E-state index contributed by atoms with van der Waals surface area (Å²) in [4.78, 5) is 20.8. The largest absolute Gasteiger partial charge is 0.285 e. The molecular formula is C18H13Cl2N3O2S. The minimum absolute atomic E-state index is 0.0586. The minimum Gasteiger partial charge on any atom is -0.266 e. The van der Waals surface area contributed by atoms with Crippen LogP contribution in [0.25, 0.3) is 0 Å². The second kappa shape index (κ2) is 7.95. The van der Waals surface area contributed by atoms with Gasteiger partial charge in [-0.05, 0) is 41.9 Å². The molecule has 0 radical (unpaired) electrons. The summed E-state index contributed by atoms with van der Waals surface area (Å²) in [7, 11) is -3.13. The zero-order chi connectivity index (χ0) is 18.6. The van der Waals surface area contributed by atoms with Gasteiger partial charge in [0.25, 0.3) is 5.91 Å². The normalized spacial score (nSPS) is 13.0.